The standard InChI is InChI=1S/C20H13BrF2N4O2/c21-16-11-27(10-12-1-5-14(22)6-2-12)25-19(16)24-20(28)17-9-18(29-26-17)13-3-7-15(23)8-4-13/h1-9,11H,10H2,(H,24,25,28). The Labute approximate surface area is 172 Å². The third-order valence-corrected chi connectivity index (χ3v) is 4.66. The normalized spacial score (nSPS) is 10.9. The quantitative estimate of drug-likeness (QED) is 0.462. The van der Waals surface area contributed by atoms with E-state index >= 15 is 0 Å². The Morgan fingerprint density at radius 2 is 1.72 bits per heavy atom. The Balaban J connectivity index is 1.46. The minimum atomic E-state index is -0.505. The molecule has 2 aromatic carbocycles. The first-order valence-corrected chi connectivity index (χ1v) is 9.28. The third-order valence-electron chi connectivity index (χ3n) is 4.08. The Hall–Kier alpha value is -3.33. The van der Waals surface area contributed by atoms with E-state index in [-0.39, 0.29) is 17.3 Å². The number of carbonyl (C=O) groups is 1. The molecule has 0 aliphatic carbocycles. The Bertz CT molecular complexity index is 1150. The van der Waals surface area contributed by atoms with Crippen LogP contribution in [0.2, 0.25) is 0 Å². The molecule has 0 fully saturated rings. The molecule has 29 heavy (non-hydrogen) atoms. The molecular formula is C20H13BrF2N4O2. The van der Waals surface area contributed by atoms with Crippen LogP contribution in [0.4, 0.5) is 14.6 Å². The van der Waals surface area contributed by atoms with Crippen LogP contribution in [0, 0.1) is 11.6 Å². The summed E-state index contributed by atoms with van der Waals surface area (Å²) in [5.74, 6) is -0.530. The van der Waals surface area contributed by atoms with Gasteiger partial charge in [-0.05, 0) is 57.9 Å². The monoisotopic (exact) mass is 458 g/mol. The van der Waals surface area contributed by atoms with Crippen LogP contribution in [0.1, 0.15) is 16.1 Å². The number of carbonyl (C=O) groups excluding carboxylic acids is 1. The molecule has 0 radical (unpaired) electrons. The first-order chi connectivity index (χ1) is 14.0. The highest BCUT2D eigenvalue weighted by atomic mass is 79.9. The van der Waals surface area contributed by atoms with Crippen LogP contribution in [0.3, 0.4) is 0 Å². The minimum absolute atomic E-state index is 0.0595. The van der Waals surface area contributed by atoms with E-state index in [1.165, 1.54) is 42.5 Å². The second-order valence-corrected chi connectivity index (χ2v) is 7.04. The van der Waals surface area contributed by atoms with Crippen LogP contribution in [-0.2, 0) is 6.54 Å². The molecule has 6 nitrogen and oxygen atoms in total. The van der Waals surface area contributed by atoms with Gasteiger partial charge in [-0.15, -0.1) is 0 Å². The number of nitrogens with zero attached hydrogens (tertiary/aromatic N) is 3. The van der Waals surface area contributed by atoms with Crippen molar-refractivity contribution >= 4 is 27.7 Å². The summed E-state index contributed by atoms with van der Waals surface area (Å²) in [5.41, 5.74) is 1.52. The summed E-state index contributed by atoms with van der Waals surface area (Å²) in [6, 6.07) is 13.2. The Morgan fingerprint density at radius 1 is 1.07 bits per heavy atom. The van der Waals surface area contributed by atoms with E-state index < -0.39 is 5.91 Å². The van der Waals surface area contributed by atoms with Gasteiger partial charge in [0.15, 0.2) is 17.3 Å². The molecule has 0 bridgehead atoms. The van der Waals surface area contributed by atoms with Crippen molar-refractivity contribution in [2.45, 2.75) is 6.54 Å². The lowest BCUT2D eigenvalue weighted by molar-refractivity contribution is 0.101. The zero-order chi connectivity index (χ0) is 20.4. The van der Waals surface area contributed by atoms with Gasteiger partial charge in [-0.3, -0.25) is 9.48 Å². The summed E-state index contributed by atoms with van der Waals surface area (Å²) in [4.78, 5) is 12.5. The van der Waals surface area contributed by atoms with Crippen molar-refractivity contribution in [3.63, 3.8) is 0 Å². The van der Waals surface area contributed by atoms with E-state index in [0.29, 0.717) is 28.2 Å². The van der Waals surface area contributed by atoms with Crippen molar-refractivity contribution in [1.82, 2.24) is 14.9 Å². The predicted octanol–water partition coefficient (Wildman–Crippen LogP) is 4.88. The van der Waals surface area contributed by atoms with Crippen LogP contribution in [0.25, 0.3) is 11.3 Å². The van der Waals surface area contributed by atoms with E-state index in [4.69, 9.17) is 4.52 Å². The van der Waals surface area contributed by atoms with Crippen molar-refractivity contribution in [3.8, 4) is 11.3 Å². The highest BCUT2D eigenvalue weighted by Crippen LogP contribution is 2.24. The van der Waals surface area contributed by atoms with Gasteiger partial charge in [0.1, 0.15) is 11.6 Å². The fraction of sp³-hybridized carbons (Fsp3) is 0.0500. The highest BCUT2D eigenvalue weighted by Gasteiger charge is 2.17. The van der Waals surface area contributed by atoms with Crippen molar-refractivity contribution in [2.24, 2.45) is 0 Å². The molecule has 4 rings (SSSR count). The van der Waals surface area contributed by atoms with Crippen molar-refractivity contribution < 1.29 is 18.1 Å². The SMILES string of the molecule is O=C(Nc1nn(Cc2ccc(F)cc2)cc1Br)c1cc(-c2ccc(F)cc2)on1. The number of hydrogen-bond acceptors (Lipinski definition) is 4. The van der Waals surface area contributed by atoms with E-state index in [1.807, 2.05) is 0 Å². The van der Waals surface area contributed by atoms with Crippen LogP contribution in [0.5, 0.6) is 0 Å². The summed E-state index contributed by atoms with van der Waals surface area (Å²) < 4.78 is 33.4. The third kappa shape index (κ3) is 4.40. The predicted molar refractivity (Wildman–Crippen MR) is 105 cm³/mol. The number of nitrogens with one attached hydrogen (secondary N) is 1. The molecule has 4 aromatic rings. The van der Waals surface area contributed by atoms with E-state index in [9.17, 15) is 13.6 Å². The maximum absolute atomic E-state index is 13.0. The van der Waals surface area contributed by atoms with Gasteiger partial charge in [-0.1, -0.05) is 17.3 Å². The first-order valence-electron chi connectivity index (χ1n) is 8.49. The first kappa shape index (κ1) is 19.0. The number of amides is 1. The van der Waals surface area contributed by atoms with Crippen molar-refractivity contribution in [1.29, 1.82) is 0 Å². The van der Waals surface area contributed by atoms with E-state index in [1.54, 1.807) is 23.0 Å². The van der Waals surface area contributed by atoms with Crippen LogP contribution < -0.4 is 5.32 Å². The average molecular weight is 459 g/mol. The van der Waals surface area contributed by atoms with E-state index in [0.717, 1.165) is 5.56 Å². The maximum atomic E-state index is 13.0. The Kier molecular flexibility index (Phi) is 5.22. The molecule has 0 spiro atoms. The zero-order valence-corrected chi connectivity index (χ0v) is 16.4. The van der Waals surface area contributed by atoms with Gasteiger partial charge in [-0.2, -0.15) is 5.10 Å². The molecule has 0 saturated carbocycles. The lowest BCUT2D eigenvalue weighted by atomic mass is 10.1. The maximum Gasteiger partial charge on any atom is 0.279 e. The number of hydrogen-bond donors (Lipinski definition) is 1. The second kappa shape index (κ2) is 7.96. The number of rotatable bonds is 5. The molecule has 2 heterocycles. The van der Waals surface area contributed by atoms with Gasteiger partial charge in [0.2, 0.25) is 0 Å². The molecule has 2 aromatic heterocycles. The fourth-order valence-electron chi connectivity index (χ4n) is 2.64. The smallest absolute Gasteiger partial charge is 0.279 e. The minimum Gasteiger partial charge on any atom is -0.355 e. The van der Waals surface area contributed by atoms with Gasteiger partial charge in [-0.25, -0.2) is 8.78 Å². The lowest BCUT2D eigenvalue weighted by Crippen LogP contribution is -2.13. The van der Waals surface area contributed by atoms with Gasteiger partial charge >= 0.3 is 0 Å². The lowest BCUT2D eigenvalue weighted by Gasteiger charge is -2.02. The van der Waals surface area contributed by atoms with Crippen LogP contribution in [-0.4, -0.2) is 20.8 Å². The molecule has 0 aliphatic rings. The van der Waals surface area contributed by atoms with Crippen LogP contribution >= 0.6 is 15.9 Å². The Morgan fingerprint density at radius 3 is 2.41 bits per heavy atom. The molecule has 0 aliphatic heterocycles. The molecular weight excluding hydrogens is 446 g/mol. The summed E-state index contributed by atoms with van der Waals surface area (Å²) in [6.45, 7) is 0.410. The highest BCUT2D eigenvalue weighted by molar-refractivity contribution is 9.10. The zero-order valence-electron chi connectivity index (χ0n) is 14.8. The average Bonchev–Trinajstić information content (AvgIpc) is 3.32. The van der Waals surface area contributed by atoms with Gasteiger partial charge in [0.25, 0.3) is 5.91 Å². The molecule has 1 amide bonds. The number of benzene rings is 2. The summed E-state index contributed by atoms with van der Waals surface area (Å²) in [6.07, 6.45) is 1.70. The van der Waals surface area contributed by atoms with Crippen molar-refractivity contribution in [2.75, 3.05) is 5.32 Å². The fourth-order valence-corrected chi connectivity index (χ4v) is 3.06. The molecule has 0 unspecified atom stereocenters. The largest absolute Gasteiger partial charge is 0.355 e. The van der Waals surface area contributed by atoms with Crippen LogP contribution in [0.15, 0.2) is 69.8 Å². The number of anilines is 1. The van der Waals surface area contributed by atoms with Gasteiger partial charge < -0.3 is 9.84 Å². The van der Waals surface area contributed by atoms with Crippen molar-refractivity contribution in [3.05, 3.63) is 88.2 Å². The van der Waals surface area contributed by atoms with Gasteiger partial charge in [0.05, 0.1) is 11.0 Å². The number of aromatic nitrogens is 3. The van der Waals surface area contributed by atoms with E-state index in [2.05, 4.69) is 31.5 Å². The molecule has 9 heteroatoms. The molecule has 1 N–H and O–H groups in total. The summed E-state index contributed by atoms with van der Waals surface area (Å²) in [7, 11) is 0. The number of halogens is 3. The summed E-state index contributed by atoms with van der Waals surface area (Å²) in [5, 5.41) is 10.7. The molecule has 0 saturated heterocycles. The summed E-state index contributed by atoms with van der Waals surface area (Å²) >= 11 is 3.35. The molecule has 146 valence electrons. The van der Waals surface area contributed by atoms with Gasteiger partial charge in [0, 0.05) is 17.8 Å². The second-order valence-electron chi connectivity index (χ2n) is 6.19. The topological polar surface area (TPSA) is 73.0 Å². The molecule has 0 atom stereocenters.